The lowest BCUT2D eigenvalue weighted by molar-refractivity contribution is -0.141. The molecule has 2 fully saturated rings. The molecule has 2 aliphatic rings. The van der Waals surface area contributed by atoms with E-state index in [0.717, 1.165) is 31.7 Å². The number of hydrogen-bond donors (Lipinski definition) is 0. The number of piperidine rings is 1. The third kappa shape index (κ3) is 2.92. The van der Waals surface area contributed by atoms with Gasteiger partial charge in [-0.15, -0.1) is 0 Å². The Labute approximate surface area is 150 Å². The molecule has 4 rings (SSSR count). The van der Waals surface area contributed by atoms with Gasteiger partial charge in [-0.1, -0.05) is 30.3 Å². The van der Waals surface area contributed by atoms with Gasteiger partial charge in [0.05, 0.1) is 5.56 Å². The van der Waals surface area contributed by atoms with E-state index < -0.39 is 11.9 Å². The second-order valence-electron chi connectivity index (χ2n) is 7.05. The molecule has 0 spiro atoms. The average Bonchev–Trinajstić information content (AvgIpc) is 2.90. The zero-order chi connectivity index (χ0) is 18.3. The number of halogens is 3. The van der Waals surface area contributed by atoms with E-state index in [2.05, 4.69) is 17.1 Å². The molecule has 2 aromatic rings. The fraction of sp³-hybridized carbons (Fsp3) is 0.400. The largest absolute Gasteiger partial charge is 0.433 e. The van der Waals surface area contributed by atoms with Crippen molar-refractivity contribution in [3.05, 3.63) is 59.3 Å². The van der Waals surface area contributed by atoms with Crippen LogP contribution in [0.4, 0.5) is 19.0 Å². The smallest absolute Gasteiger partial charge is 0.349 e. The highest BCUT2D eigenvalue weighted by Crippen LogP contribution is 2.45. The van der Waals surface area contributed by atoms with Crippen LogP contribution < -0.4 is 4.90 Å². The van der Waals surface area contributed by atoms with Crippen LogP contribution in [-0.4, -0.2) is 17.1 Å². The van der Waals surface area contributed by atoms with Gasteiger partial charge in [-0.25, -0.2) is 4.98 Å². The minimum atomic E-state index is -4.51. The summed E-state index contributed by atoms with van der Waals surface area (Å²) in [5.74, 6) is 0.600. The molecule has 0 N–H and O–H groups in total. The zero-order valence-corrected chi connectivity index (χ0v) is 14.1. The minimum Gasteiger partial charge on any atom is -0.349 e. The summed E-state index contributed by atoms with van der Waals surface area (Å²) >= 11 is 0. The highest BCUT2D eigenvalue weighted by atomic mass is 19.4. The molecule has 0 saturated carbocycles. The first kappa shape index (κ1) is 16.9. The van der Waals surface area contributed by atoms with Crippen molar-refractivity contribution in [3.63, 3.8) is 0 Å². The summed E-state index contributed by atoms with van der Waals surface area (Å²) in [6.45, 7) is 0. The van der Waals surface area contributed by atoms with Gasteiger partial charge < -0.3 is 4.90 Å². The summed E-state index contributed by atoms with van der Waals surface area (Å²) in [5, 5.41) is 9.37. The van der Waals surface area contributed by atoms with Crippen LogP contribution in [0.1, 0.15) is 48.4 Å². The van der Waals surface area contributed by atoms with Gasteiger partial charge in [0.2, 0.25) is 0 Å². The third-order valence-corrected chi connectivity index (χ3v) is 5.53. The van der Waals surface area contributed by atoms with Gasteiger partial charge in [-0.05, 0) is 49.3 Å². The normalized spacial score (nSPS) is 25.2. The Morgan fingerprint density at radius 3 is 2.23 bits per heavy atom. The van der Waals surface area contributed by atoms with Crippen molar-refractivity contribution >= 4 is 5.82 Å². The maximum atomic E-state index is 13.1. The molecule has 1 unspecified atom stereocenters. The predicted octanol–water partition coefficient (Wildman–Crippen LogP) is 4.89. The molecule has 134 valence electrons. The van der Waals surface area contributed by atoms with Gasteiger partial charge >= 0.3 is 6.18 Å². The van der Waals surface area contributed by atoms with Crippen molar-refractivity contribution < 1.29 is 13.2 Å². The summed E-state index contributed by atoms with van der Waals surface area (Å²) in [6.07, 6.45) is -0.898. The predicted molar refractivity (Wildman–Crippen MR) is 91.7 cm³/mol. The van der Waals surface area contributed by atoms with E-state index in [0.29, 0.717) is 5.92 Å². The average molecular weight is 357 g/mol. The minimum absolute atomic E-state index is 0.127. The van der Waals surface area contributed by atoms with E-state index in [9.17, 15) is 18.4 Å². The molecule has 2 bridgehead atoms. The molecule has 2 aliphatic heterocycles. The summed E-state index contributed by atoms with van der Waals surface area (Å²) in [5.41, 5.74) is 0.561. The van der Waals surface area contributed by atoms with E-state index in [1.165, 1.54) is 11.6 Å². The lowest BCUT2D eigenvalue weighted by Crippen LogP contribution is -2.43. The van der Waals surface area contributed by atoms with Crippen LogP contribution in [0.15, 0.2) is 42.5 Å². The van der Waals surface area contributed by atoms with Crippen molar-refractivity contribution in [2.45, 2.75) is 49.9 Å². The molecule has 6 heteroatoms. The van der Waals surface area contributed by atoms with Crippen molar-refractivity contribution in [3.8, 4) is 6.07 Å². The van der Waals surface area contributed by atoms with Crippen LogP contribution in [0.5, 0.6) is 0 Å². The van der Waals surface area contributed by atoms with Crippen molar-refractivity contribution in [2.24, 2.45) is 0 Å². The molecule has 0 aliphatic carbocycles. The Bertz CT molecular complexity index is 828. The molecule has 0 amide bonds. The third-order valence-electron chi connectivity index (χ3n) is 5.53. The SMILES string of the molecule is N#Cc1ccc(C(F)(F)F)nc1N1[C@@H]2CC[C@H]1CC(c1ccccc1)C2. The number of rotatable bonds is 2. The monoisotopic (exact) mass is 357 g/mol. The number of alkyl halides is 3. The summed E-state index contributed by atoms with van der Waals surface area (Å²) in [4.78, 5) is 5.83. The molecule has 1 aromatic carbocycles. The van der Waals surface area contributed by atoms with Gasteiger partial charge in [0.15, 0.2) is 0 Å². The van der Waals surface area contributed by atoms with Gasteiger partial charge in [-0.2, -0.15) is 18.4 Å². The van der Waals surface area contributed by atoms with Gasteiger partial charge in [0.25, 0.3) is 0 Å². The lowest BCUT2D eigenvalue weighted by Gasteiger charge is -2.40. The fourth-order valence-electron chi connectivity index (χ4n) is 4.41. The zero-order valence-electron chi connectivity index (χ0n) is 14.1. The number of nitrogens with zero attached hydrogens (tertiary/aromatic N) is 3. The van der Waals surface area contributed by atoms with Crippen molar-refractivity contribution in [1.29, 1.82) is 5.26 Å². The van der Waals surface area contributed by atoms with E-state index in [-0.39, 0.29) is 23.5 Å². The van der Waals surface area contributed by atoms with Crippen LogP contribution >= 0.6 is 0 Å². The Hall–Kier alpha value is -2.55. The molecular weight excluding hydrogens is 339 g/mol. The maximum absolute atomic E-state index is 13.1. The summed E-state index contributed by atoms with van der Waals surface area (Å²) < 4.78 is 39.3. The highest BCUT2D eigenvalue weighted by molar-refractivity contribution is 5.57. The van der Waals surface area contributed by atoms with Crippen LogP contribution in [0, 0.1) is 11.3 Å². The number of anilines is 1. The fourth-order valence-corrected chi connectivity index (χ4v) is 4.41. The Kier molecular flexibility index (Phi) is 4.10. The Morgan fingerprint density at radius 2 is 1.65 bits per heavy atom. The van der Waals surface area contributed by atoms with E-state index in [1.807, 2.05) is 29.2 Å². The highest BCUT2D eigenvalue weighted by Gasteiger charge is 2.43. The summed E-state index contributed by atoms with van der Waals surface area (Å²) in [6, 6.07) is 14.7. The number of hydrogen-bond acceptors (Lipinski definition) is 3. The van der Waals surface area contributed by atoms with E-state index in [4.69, 9.17) is 0 Å². The first-order chi connectivity index (χ1) is 12.5. The number of aromatic nitrogens is 1. The molecule has 2 saturated heterocycles. The van der Waals surface area contributed by atoms with Gasteiger partial charge in [0.1, 0.15) is 17.6 Å². The lowest BCUT2D eigenvalue weighted by atomic mass is 9.85. The second-order valence-corrected chi connectivity index (χ2v) is 7.05. The topological polar surface area (TPSA) is 39.9 Å². The van der Waals surface area contributed by atoms with Crippen LogP contribution in [0.2, 0.25) is 0 Å². The number of pyridine rings is 1. The quantitative estimate of drug-likeness (QED) is 0.768. The standard InChI is InChI=1S/C20H18F3N3/c21-20(22,23)18-9-6-14(12-24)19(25-18)26-16-7-8-17(26)11-15(10-16)13-4-2-1-3-5-13/h1-6,9,15-17H,7-8,10-11H2/t15?,16-,17+. The molecule has 3 atom stereocenters. The molecule has 0 radical (unpaired) electrons. The number of nitriles is 1. The van der Waals surface area contributed by atoms with Crippen molar-refractivity contribution in [1.82, 2.24) is 4.98 Å². The Balaban J connectivity index is 1.67. The maximum Gasteiger partial charge on any atom is 0.433 e. The molecule has 1 aromatic heterocycles. The van der Waals surface area contributed by atoms with Crippen LogP contribution in [0.3, 0.4) is 0 Å². The first-order valence-electron chi connectivity index (χ1n) is 8.79. The first-order valence-corrected chi connectivity index (χ1v) is 8.79. The van der Waals surface area contributed by atoms with Gasteiger partial charge in [-0.3, -0.25) is 0 Å². The molecule has 3 heterocycles. The number of fused-ring (bicyclic) bond motifs is 2. The molecule has 3 nitrogen and oxygen atoms in total. The van der Waals surface area contributed by atoms with Gasteiger partial charge in [0, 0.05) is 12.1 Å². The van der Waals surface area contributed by atoms with Crippen molar-refractivity contribution in [2.75, 3.05) is 4.90 Å². The molecular formula is C20H18F3N3. The number of benzene rings is 1. The second kappa shape index (κ2) is 6.31. The Morgan fingerprint density at radius 1 is 1.00 bits per heavy atom. The van der Waals surface area contributed by atoms with E-state index in [1.54, 1.807) is 0 Å². The van der Waals surface area contributed by atoms with Crippen LogP contribution in [-0.2, 0) is 6.18 Å². The summed E-state index contributed by atoms with van der Waals surface area (Å²) in [7, 11) is 0. The molecule has 26 heavy (non-hydrogen) atoms. The van der Waals surface area contributed by atoms with E-state index >= 15 is 0 Å². The van der Waals surface area contributed by atoms with Crippen LogP contribution in [0.25, 0.3) is 0 Å².